The molecule has 1 saturated heterocycles. The van der Waals surface area contributed by atoms with Crippen molar-refractivity contribution >= 4 is 11.5 Å². The minimum atomic E-state index is 0.250. The zero-order valence-electron chi connectivity index (χ0n) is 11.6. The van der Waals surface area contributed by atoms with Crippen LogP contribution in [0.25, 0.3) is 0 Å². The number of anilines is 1. The number of para-hydroxylation sites is 1. The predicted octanol–water partition coefficient (Wildman–Crippen LogP) is 4.05. The van der Waals surface area contributed by atoms with Crippen molar-refractivity contribution in [1.82, 2.24) is 0 Å². The third-order valence-electron chi connectivity index (χ3n) is 4.06. The van der Waals surface area contributed by atoms with Crippen molar-refractivity contribution in [2.45, 2.75) is 58.5 Å². The number of ketones is 1. The molecule has 0 aromatic heterocycles. The quantitative estimate of drug-likeness (QED) is 0.746. The van der Waals surface area contributed by atoms with Crippen LogP contribution < -0.4 is 4.90 Å². The number of benzene rings is 1. The lowest BCUT2D eigenvalue weighted by atomic mass is 10.0. The van der Waals surface area contributed by atoms with Gasteiger partial charge in [0.25, 0.3) is 0 Å². The molecule has 2 rings (SSSR count). The Morgan fingerprint density at radius 3 is 2.67 bits per heavy atom. The van der Waals surface area contributed by atoms with Crippen LogP contribution in [0.2, 0.25) is 0 Å². The van der Waals surface area contributed by atoms with E-state index in [1.54, 1.807) is 0 Å². The summed E-state index contributed by atoms with van der Waals surface area (Å²) in [5.41, 5.74) is 2.04. The Balaban J connectivity index is 2.40. The second kappa shape index (κ2) is 5.55. The Morgan fingerprint density at radius 1 is 1.28 bits per heavy atom. The van der Waals surface area contributed by atoms with Crippen LogP contribution in [-0.2, 0) is 0 Å². The summed E-state index contributed by atoms with van der Waals surface area (Å²) in [4.78, 5) is 14.5. The standard InChI is InChI=1S/C16H23NO/c1-4-13-11-10-12(3)17(13)15-9-7-6-8-14(15)16(18)5-2/h6-9,12-13H,4-5,10-11H2,1-3H3. The van der Waals surface area contributed by atoms with Crippen LogP contribution >= 0.6 is 0 Å². The molecule has 2 unspecified atom stereocenters. The molecule has 2 nitrogen and oxygen atoms in total. The summed E-state index contributed by atoms with van der Waals surface area (Å²) in [5.74, 6) is 0.250. The van der Waals surface area contributed by atoms with E-state index in [1.807, 2.05) is 25.1 Å². The maximum Gasteiger partial charge on any atom is 0.164 e. The lowest BCUT2D eigenvalue weighted by Gasteiger charge is -2.31. The first-order chi connectivity index (χ1) is 8.69. The Hall–Kier alpha value is -1.31. The molecule has 2 heteroatoms. The highest BCUT2D eigenvalue weighted by molar-refractivity contribution is 6.01. The van der Waals surface area contributed by atoms with Crippen LogP contribution in [0.1, 0.15) is 56.8 Å². The summed E-state index contributed by atoms with van der Waals surface area (Å²) >= 11 is 0. The van der Waals surface area contributed by atoms with Gasteiger partial charge in [-0.3, -0.25) is 4.79 Å². The van der Waals surface area contributed by atoms with Gasteiger partial charge in [0.2, 0.25) is 0 Å². The van der Waals surface area contributed by atoms with Crippen molar-refractivity contribution in [3.63, 3.8) is 0 Å². The zero-order valence-corrected chi connectivity index (χ0v) is 11.6. The highest BCUT2D eigenvalue weighted by Crippen LogP contribution is 2.34. The molecule has 0 radical (unpaired) electrons. The van der Waals surface area contributed by atoms with E-state index < -0.39 is 0 Å². The topological polar surface area (TPSA) is 20.3 Å². The van der Waals surface area contributed by atoms with E-state index in [-0.39, 0.29) is 5.78 Å². The van der Waals surface area contributed by atoms with Crippen molar-refractivity contribution in [3.8, 4) is 0 Å². The van der Waals surface area contributed by atoms with E-state index in [1.165, 1.54) is 12.8 Å². The fourth-order valence-corrected chi connectivity index (χ4v) is 3.03. The van der Waals surface area contributed by atoms with Gasteiger partial charge in [-0.25, -0.2) is 0 Å². The second-order valence-corrected chi connectivity index (χ2v) is 5.19. The molecular weight excluding hydrogens is 222 g/mol. The molecule has 98 valence electrons. The van der Waals surface area contributed by atoms with Crippen LogP contribution in [0.4, 0.5) is 5.69 Å². The number of nitrogens with zero attached hydrogens (tertiary/aromatic N) is 1. The molecule has 0 bridgehead atoms. The summed E-state index contributed by atoms with van der Waals surface area (Å²) in [7, 11) is 0. The van der Waals surface area contributed by atoms with Gasteiger partial charge in [0.15, 0.2) is 5.78 Å². The molecule has 1 aromatic rings. The van der Waals surface area contributed by atoms with Crippen molar-refractivity contribution < 1.29 is 4.79 Å². The van der Waals surface area contributed by atoms with Crippen LogP contribution in [0, 0.1) is 0 Å². The predicted molar refractivity (Wildman–Crippen MR) is 76.3 cm³/mol. The highest BCUT2D eigenvalue weighted by atomic mass is 16.1. The van der Waals surface area contributed by atoms with Gasteiger partial charge >= 0.3 is 0 Å². The minimum absolute atomic E-state index is 0.250. The van der Waals surface area contributed by atoms with Gasteiger partial charge in [0.1, 0.15) is 0 Å². The zero-order chi connectivity index (χ0) is 13.1. The molecule has 0 aliphatic carbocycles. The molecule has 2 atom stereocenters. The lowest BCUT2D eigenvalue weighted by molar-refractivity contribution is 0.0988. The molecule has 1 fully saturated rings. The average Bonchev–Trinajstić information content (AvgIpc) is 2.78. The minimum Gasteiger partial charge on any atom is -0.365 e. The second-order valence-electron chi connectivity index (χ2n) is 5.19. The monoisotopic (exact) mass is 245 g/mol. The Kier molecular flexibility index (Phi) is 4.05. The van der Waals surface area contributed by atoms with Crippen LogP contribution in [-0.4, -0.2) is 17.9 Å². The van der Waals surface area contributed by atoms with Gasteiger partial charge in [-0.05, 0) is 38.3 Å². The third kappa shape index (κ3) is 2.29. The first-order valence-corrected chi connectivity index (χ1v) is 7.09. The highest BCUT2D eigenvalue weighted by Gasteiger charge is 2.31. The van der Waals surface area contributed by atoms with E-state index in [9.17, 15) is 4.79 Å². The largest absolute Gasteiger partial charge is 0.365 e. The van der Waals surface area contributed by atoms with Gasteiger partial charge in [-0.15, -0.1) is 0 Å². The van der Waals surface area contributed by atoms with Crippen molar-refractivity contribution in [3.05, 3.63) is 29.8 Å². The molecule has 0 spiro atoms. The maximum absolute atomic E-state index is 12.1. The molecule has 0 N–H and O–H groups in total. The Morgan fingerprint density at radius 2 is 2.00 bits per heavy atom. The first-order valence-electron chi connectivity index (χ1n) is 7.09. The van der Waals surface area contributed by atoms with Crippen LogP contribution in [0.15, 0.2) is 24.3 Å². The summed E-state index contributed by atoms with van der Waals surface area (Å²) in [5, 5.41) is 0. The SMILES string of the molecule is CCC(=O)c1ccccc1N1C(C)CCC1CC. The molecule has 1 aliphatic heterocycles. The number of hydrogen-bond acceptors (Lipinski definition) is 2. The number of Topliss-reactive ketones (excluding diaryl/α,β-unsaturated/α-hetero) is 1. The maximum atomic E-state index is 12.1. The number of rotatable bonds is 4. The summed E-state index contributed by atoms with van der Waals surface area (Å²) in [6.45, 7) is 6.44. The van der Waals surface area contributed by atoms with E-state index in [2.05, 4.69) is 24.8 Å². The molecule has 0 saturated carbocycles. The van der Waals surface area contributed by atoms with E-state index in [4.69, 9.17) is 0 Å². The number of carbonyl (C=O) groups is 1. The molecular formula is C16H23NO. The van der Waals surface area contributed by atoms with E-state index in [0.717, 1.165) is 17.7 Å². The average molecular weight is 245 g/mol. The van der Waals surface area contributed by atoms with Crippen molar-refractivity contribution in [2.24, 2.45) is 0 Å². The van der Waals surface area contributed by atoms with Crippen molar-refractivity contribution in [2.75, 3.05) is 4.90 Å². The third-order valence-corrected chi connectivity index (χ3v) is 4.06. The molecule has 1 heterocycles. The Labute approximate surface area is 110 Å². The first kappa shape index (κ1) is 13.1. The smallest absolute Gasteiger partial charge is 0.164 e. The van der Waals surface area contributed by atoms with Gasteiger partial charge in [0.05, 0.1) is 0 Å². The fourth-order valence-electron chi connectivity index (χ4n) is 3.03. The van der Waals surface area contributed by atoms with E-state index in [0.29, 0.717) is 18.5 Å². The molecule has 0 amide bonds. The van der Waals surface area contributed by atoms with Gasteiger partial charge in [-0.2, -0.15) is 0 Å². The van der Waals surface area contributed by atoms with Crippen LogP contribution in [0.3, 0.4) is 0 Å². The van der Waals surface area contributed by atoms with Gasteiger partial charge in [0, 0.05) is 29.8 Å². The number of carbonyl (C=O) groups excluding carboxylic acids is 1. The summed E-state index contributed by atoms with van der Waals surface area (Å²) < 4.78 is 0. The number of hydrogen-bond donors (Lipinski definition) is 0. The summed E-state index contributed by atoms with van der Waals surface area (Å²) in [6.07, 6.45) is 4.20. The van der Waals surface area contributed by atoms with Gasteiger partial charge in [-0.1, -0.05) is 26.0 Å². The van der Waals surface area contributed by atoms with Crippen LogP contribution in [0.5, 0.6) is 0 Å². The molecule has 1 aliphatic rings. The van der Waals surface area contributed by atoms with E-state index >= 15 is 0 Å². The van der Waals surface area contributed by atoms with Gasteiger partial charge < -0.3 is 4.90 Å². The lowest BCUT2D eigenvalue weighted by Crippen LogP contribution is -2.35. The normalized spacial score (nSPS) is 23.4. The Bertz CT molecular complexity index is 427. The van der Waals surface area contributed by atoms with Crippen molar-refractivity contribution in [1.29, 1.82) is 0 Å². The summed E-state index contributed by atoms with van der Waals surface area (Å²) in [6, 6.07) is 9.21. The fraction of sp³-hybridized carbons (Fsp3) is 0.562. The molecule has 18 heavy (non-hydrogen) atoms. The molecule has 1 aromatic carbocycles.